The predicted molar refractivity (Wildman–Crippen MR) is 92.3 cm³/mol. The van der Waals surface area contributed by atoms with Gasteiger partial charge in [-0.05, 0) is 68.2 Å². The van der Waals surface area contributed by atoms with Gasteiger partial charge in [0.05, 0.1) is 12.7 Å². The molecule has 2 atom stereocenters. The van der Waals surface area contributed by atoms with Crippen molar-refractivity contribution in [1.29, 1.82) is 0 Å². The van der Waals surface area contributed by atoms with Crippen molar-refractivity contribution < 1.29 is 9.84 Å². The fourth-order valence-corrected chi connectivity index (χ4v) is 3.02. The van der Waals surface area contributed by atoms with Gasteiger partial charge in [0.15, 0.2) is 0 Å². The summed E-state index contributed by atoms with van der Waals surface area (Å²) in [6.45, 7) is 4.17. The minimum atomic E-state index is -0.568. The second kappa shape index (κ2) is 7.64. The van der Waals surface area contributed by atoms with Crippen LogP contribution in [0.3, 0.4) is 0 Å². The minimum Gasteiger partial charge on any atom is -0.497 e. The average molecular weight is 300 g/mol. The molecule has 2 nitrogen and oxygen atoms in total. The molecule has 0 radical (unpaired) electrons. The van der Waals surface area contributed by atoms with Crippen LogP contribution in [0, 0.1) is 0 Å². The molecule has 0 amide bonds. The maximum Gasteiger partial charge on any atom is 0.119 e. The van der Waals surface area contributed by atoms with Crippen LogP contribution >= 0.6 is 0 Å². The number of allylic oxidation sites excluding steroid dienone is 3. The first kappa shape index (κ1) is 16.8. The van der Waals surface area contributed by atoms with Gasteiger partial charge in [-0.3, -0.25) is 0 Å². The van der Waals surface area contributed by atoms with Gasteiger partial charge >= 0.3 is 0 Å². The van der Waals surface area contributed by atoms with Crippen molar-refractivity contribution in [2.24, 2.45) is 0 Å². The molecule has 1 aliphatic carbocycles. The van der Waals surface area contributed by atoms with E-state index in [0.717, 1.165) is 37.9 Å². The number of aliphatic hydroxyl groups is 1. The van der Waals surface area contributed by atoms with Crippen LogP contribution in [0.5, 0.6) is 5.75 Å². The van der Waals surface area contributed by atoms with Gasteiger partial charge in [-0.15, -0.1) is 0 Å². The Morgan fingerprint density at radius 2 is 2.18 bits per heavy atom. The van der Waals surface area contributed by atoms with Crippen molar-refractivity contribution >= 4 is 0 Å². The van der Waals surface area contributed by atoms with Gasteiger partial charge < -0.3 is 9.84 Å². The normalized spacial score (nSPS) is 22.8. The molecular formula is C20H28O2. The number of ether oxygens (including phenoxy) is 1. The molecule has 0 saturated heterocycles. The lowest BCUT2D eigenvalue weighted by Gasteiger charge is -2.20. The van der Waals surface area contributed by atoms with E-state index in [4.69, 9.17) is 4.74 Å². The lowest BCUT2D eigenvalue weighted by Crippen LogP contribution is -2.22. The third kappa shape index (κ3) is 4.48. The summed E-state index contributed by atoms with van der Waals surface area (Å²) in [4.78, 5) is 0. The Hall–Kier alpha value is -1.54. The summed E-state index contributed by atoms with van der Waals surface area (Å²) in [6, 6.07) is 8.29. The predicted octanol–water partition coefficient (Wildman–Crippen LogP) is 5.00. The van der Waals surface area contributed by atoms with E-state index in [1.807, 2.05) is 19.1 Å². The van der Waals surface area contributed by atoms with Crippen molar-refractivity contribution in [3.63, 3.8) is 0 Å². The smallest absolute Gasteiger partial charge is 0.119 e. The zero-order valence-electron chi connectivity index (χ0n) is 14.0. The largest absolute Gasteiger partial charge is 0.497 e. The maximum absolute atomic E-state index is 10.2. The Morgan fingerprint density at radius 3 is 2.86 bits per heavy atom. The molecule has 0 heterocycles. The quantitative estimate of drug-likeness (QED) is 0.718. The molecule has 120 valence electrons. The summed E-state index contributed by atoms with van der Waals surface area (Å²) in [5.41, 5.74) is 1.95. The first-order chi connectivity index (χ1) is 10.5. The Morgan fingerprint density at radius 1 is 1.36 bits per heavy atom. The highest BCUT2D eigenvalue weighted by Crippen LogP contribution is 2.32. The van der Waals surface area contributed by atoms with E-state index in [1.54, 1.807) is 7.11 Å². The van der Waals surface area contributed by atoms with Crippen LogP contribution < -0.4 is 4.74 Å². The average Bonchev–Trinajstić information content (AvgIpc) is 2.85. The first-order valence-electron chi connectivity index (χ1n) is 8.24. The molecule has 0 spiro atoms. The van der Waals surface area contributed by atoms with E-state index in [1.165, 1.54) is 11.1 Å². The molecule has 1 aliphatic rings. The van der Waals surface area contributed by atoms with Crippen LogP contribution in [-0.4, -0.2) is 17.8 Å². The summed E-state index contributed by atoms with van der Waals surface area (Å²) >= 11 is 0. The maximum atomic E-state index is 10.2. The number of hydrogen-bond acceptors (Lipinski definition) is 2. The standard InChI is InChI=1S/C20H28O2/c1-16(17-10-7-13-19(15-17)22-3)9-5-4-6-11-18-12-8-14-20(18,2)21/h4-5,7,10,12-13,15-16,21H,6,8-9,11,14H2,1-3H3. The molecular weight excluding hydrogens is 272 g/mol. The Labute approximate surface area is 134 Å². The highest BCUT2D eigenvalue weighted by molar-refractivity contribution is 5.30. The topological polar surface area (TPSA) is 29.5 Å². The van der Waals surface area contributed by atoms with Crippen LogP contribution in [0.4, 0.5) is 0 Å². The number of rotatable bonds is 7. The van der Waals surface area contributed by atoms with Gasteiger partial charge in [-0.1, -0.05) is 37.3 Å². The van der Waals surface area contributed by atoms with E-state index in [9.17, 15) is 5.11 Å². The molecule has 2 rings (SSSR count). The molecule has 1 aromatic carbocycles. The van der Waals surface area contributed by atoms with Gasteiger partial charge in [0.1, 0.15) is 5.75 Å². The molecule has 2 heteroatoms. The third-order valence-corrected chi connectivity index (χ3v) is 4.61. The van der Waals surface area contributed by atoms with Crippen molar-refractivity contribution in [3.8, 4) is 5.75 Å². The van der Waals surface area contributed by atoms with Crippen LogP contribution in [0.15, 0.2) is 48.1 Å². The van der Waals surface area contributed by atoms with Crippen molar-refractivity contribution in [2.45, 2.75) is 57.5 Å². The van der Waals surface area contributed by atoms with E-state index in [2.05, 4.69) is 37.3 Å². The summed E-state index contributed by atoms with van der Waals surface area (Å²) < 4.78 is 5.28. The van der Waals surface area contributed by atoms with Crippen molar-refractivity contribution in [1.82, 2.24) is 0 Å². The lowest BCUT2D eigenvalue weighted by molar-refractivity contribution is 0.0965. The molecule has 22 heavy (non-hydrogen) atoms. The lowest BCUT2D eigenvalue weighted by atomic mass is 9.94. The van der Waals surface area contributed by atoms with E-state index in [0.29, 0.717) is 5.92 Å². The second-order valence-corrected chi connectivity index (χ2v) is 6.47. The molecule has 1 N–H and O–H groups in total. The minimum absolute atomic E-state index is 0.486. The van der Waals surface area contributed by atoms with E-state index < -0.39 is 5.60 Å². The summed E-state index contributed by atoms with van der Waals surface area (Å²) in [5.74, 6) is 1.41. The number of benzene rings is 1. The van der Waals surface area contributed by atoms with Gasteiger partial charge in [0.25, 0.3) is 0 Å². The zero-order valence-corrected chi connectivity index (χ0v) is 14.0. The highest BCUT2D eigenvalue weighted by Gasteiger charge is 2.28. The highest BCUT2D eigenvalue weighted by atomic mass is 16.5. The molecule has 1 aromatic rings. The van der Waals surface area contributed by atoms with Gasteiger partial charge in [0.2, 0.25) is 0 Å². The molecule has 0 bridgehead atoms. The number of methoxy groups -OCH3 is 1. The monoisotopic (exact) mass is 300 g/mol. The molecule has 0 aromatic heterocycles. The zero-order chi connectivity index (χ0) is 16.0. The van der Waals surface area contributed by atoms with Crippen LogP contribution in [0.25, 0.3) is 0 Å². The Balaban J connectivity index is 1.77. The fourth-order valence-electron chi connectivity index (χ4n) is 3.02. The summed E-state index contributed by atoms with van der Waals surface area (Å²) in [5, 5.41) is 10.2. The van der Waals surface area contributed by atoms with E-state index in [-0.39, 0.29) is 0 Å². The molecule has 0 aliphatic heterocycles. The first-order valence-corrected chi connectivity index (χ1v) is 8.24. The summed E-state index contributed by atoms with van der Waals surface area (Å²) in [6.07, 6.45) is 11.6. The fraction of sp³-hybridized carbons (Fsp3) is 0.500. The van der Waals surface area contributed by atoms with Crippen molar-refractivity contribution in [3.05, 3.63) is 53.6 Å². The van der Waals surface area contributed by atoms with E-state index >= 15 is 0 Å². The van der Waals surface area contributed by atoms with Gasteiger partial charge in [-0.2, -0.15) is 0 Å². The number of hydrogen-bond donors (Lipinski definition) is 1. The third-order valence-electron chi connectivity index (χ3n) is 4.61. The Bertz CT molecular complexity index is 540. The summed E-state index contributed by atoms with van der Waals surface area (Å²) in [7, 11) is 1.70. The second-order valence-electron chi connectivity index (χ2n) is 6.47. The SMILES string of the molecule is COc1cccc(C(C)CC=CCCC2=CCCC2(C)O)c1. The molecule has 0 saturated carbocycles. The molecule has 2 unspecified atom stereocenters. The van der Waals surface area contributed by atoms with Gasteiger partial charge in [-0.25, -0.2) is 0 Å². The van der Waals surface area contributed by atoms with Crippen LogP contribution in [-0.2, 0) is 0 Å². The van der Waals surface area contributed by atoms with Crippen molar-refractivity contribution in [2.75, 3.05) is 7.11 Å². The van der Waals surface area contributed by atoms with Gasteiger partial charge in [0, 0.05) is 0 Å². The van der Waals surface area contributed by atoms with Crippen LogP contribution in [0.2, 0.25) is 0 Å². The molecule has 0 fully saturated rings. The Kier molecular flexibility index (Phi) is 5.84. The van der Waals surface area contributed by atoms with Crippen LogP contribution in [0.1, 0.15) is 57.4 Å².